The van der Waals surface area contributed by atoms with Crippen molar-refractivity contribution in [2.75, 3.05) is 0 Å². The first-order valence-electron chi connectivity index (χ1n) is 6.20. The van der Waals surface area contributed by atoms with E-state index >= 15 is 0 Å². The molecule has 2 aromatic carbocycles. The molecule has 6 heteroatoms. The lowest BCUT2D eigenvalue weighted by Gasteiger charge is -2.11. The monoisotopic (exact) mass is 344 g/mol. The maximum atomic E-state index is 11.6. The Kier molecular flexibility index (Phi) is 4.81. The van der Waals surface area contributed by atoms with Crippen LogP contribution in [0.4, 0.5) is 0 Å². The summed E-state index contributed by atoms with van der Waals surface area (Å²) in [6.07, 6.45) is 0. The molecule has 3 nitrogen and oxygen atoms in total. The van der Waals surface area contributed by atoms with Crippen LogP contribution in [-0.2, 0) is 15.7 Å². The Labute approximate surface area is 133 Å². The van der Waals surface area contributed by atoms with Gasteiger partial charge in [-0.3, -0.25) is 0 Å². The Bertz CT molecular complexity index is 770. The number of benzene rings is 2. The number of hydrogen-bond donors (Lipinski definition) is 0. The van der Waals surface area contributed by atoms with Crippen LogP contribution in [0, 0.1) is 13.8 Å². The van der Waals surface area contributed by atoms with E-state index in [4.69, 9.17) is 27.0 Å². The highest BCUT2D eigenvalue weighted by molar-refractivity contribution is 8.13. The molecule has 112 valence electrons. The van der Waals surface area contributed by atoms with Gasteiger partial charge in [0.05, 0.1) is 0 Å². The second-order valence-corrected chi connectivity index (χ2v) is 7.71. The van der Waals surface area contributed by atoms with Crippen LogP contribution in [0.15, 0.2) is 41.3 Å². The Hall–Kier alpha value is -1.23. The highest BCUT2D eigenvalue weighted by Crippen LogP contribution is 2.29. The molecule has 0 heterocycles. The fraction of sp³-hybridized carbons (Fsp3) is 0.200. The first kappa shape index (κ1) is 16.1. The minimum Gasteiger partial charge on any atom is -0.487 e. The van der Waals surface area contributed by atoms with Crippen LogP contribution < -0.4 is 4.74 Å². The summed E-state index contributed by atoms with van der Waals surface area (Å²) in [5.41, 5.74) is 2.61. The Morgan fingerprint density at radius 1 is 1.05 bits per heavy atom. The van der Waals surface area contributed by atoms with Crippen molar-refractivity contribution in [1.29, 1.82) is 0 Å². The molecule has 0 N–H and O–H groups in total. The summed E-state index contributed by atoms with van der Waals surface area (Å²) in [4.78, 5) is -0.0348. The molecule has 0 aliphatic carbocycles. The van der Waals surface area contributed by atoms with Gasteiger partial charge in [0.15, 0.2) is 0 Å². The van der Waals surface area contributed by atoms with Crippen molar-refractivity contribution in [3.63, 3.8) is 0 Å². The zero-order valence-corrected chi connectivity index (χ0v) is 13.9. The highest BCUT2D eigenvalue weighted by Gasteiger charge is 2.17. The molecular formula is C15H14Cl2O3S. The summed E-state index contributed by atoms with van der Waals surface area (Å²) in [7, 11) is 1.57. The summed E-state index contributed by atoms with van der Waals surface area (Å²) < 4.78 is 28.8. The number of hydrogen-bond acceptors (Lipinski definition) is 3. The first-order valence-corrected chi connectivity index (χ1v) is 8.89. The van der Waals surface area contributed by atoms with Crippen molar-refractivity contribution < 1.29 is 13.2 Å². The van der Waals surface area contributed by atoms with Crippen LogP contribution in [0.5, 0.6) is 5.75 Å². The van der Waals surface area contributed by atoms with Gasteiger partial charge in [-0.1, -0.05) is 29.8 Å². The Morgan fingerprint density at radius 3 is 2.29 bits per heavy atom. The van der Waals surface area contributed by atoms with Crippen LogP contribution in [0.25, 0.3) is 0 Å². The molecule has 0 fully saturated rings. The van der Waals surface area contributed by atoms with E-state index in [1.165, 1.54) is 6.07 Å². The maximum absolute atomic E-state index is 11.6. The average molecular weight is 345 g/mol. The van der Waals surface area contributed by atoms with E-state index in [-0.39, 0.29) is 17.3 Å². The second kappa shape index (κ2) is 6.26. The predicted octanol–water partition coefficient (Wildman–Crippen LogP) is 4.46. The molecule has 0 aromatic heterocycles. The largest absolute Gasteiger partial charge is 0.487 e. The Morgan fingerprint density at radius 2 is 1.67 bits per heavy atom. The van der Waals surface area contributed by atoms with Crippen molar-refractivity contribution in [2.45, 2.75) is 25.3 Å². The molecule has 21 heavy (non-hydrogen) atoms. The number of ether oxygens (including phenoxy) is 1. The fourth-order valence-corrected chi connectivity index (χ4v) is 3.20. The third-order valence-corrected chi connectivity index (χ3v) is 4.65. The fourth-order valence-electron chi connectivity index (χ4n) is 1.85. The standard InChI is InChI=1S/C15H14Cl2O3S/c1-10-3-5-12(13(16)7-10)9-20-14-6-4-11(2)8-15(14)21(17,18)19/h3-8H,9H2,1-2H3. The quantitative estimate of drug-likeness (QED) is 0.768. The van der Waals surface area contributed by atoms with Crippen molar-refractivity contribution in [3.05, 3.63) is 58.1 Å². The molecule has 0 radical (unpaired) electrons. The van der Waals surface area contributed by atoms with Gasteiger partial charge in [-0.05, 0) is 43.2 Å². The van der Waals surface area contributed by atoms with E-state index in [0.717, 1.165) is 16.7 Å². The van der Waals surface area contributed by atoms with E-state index in [9.17, 15) is 8.42 Å². The lowest BCUT2D eigenvalue weighted by molar-refractivity contribution is 0.298. The minimum atomic E-state index is -3.86. The molecule has 2 rings (SSSR count). The van der Waals surface area contributed by atoms with E-state index in [0.29, 0.717) is 5.02 Å². The summed E-state index contributed by atoms with van der Waals surface area (Å²) >= 11 is 6.13. The molecule has 0 aliphatic rings. The van der Waals surface area contributed by atoms with Crippen molar-refractivity contribution in [2.24, 2.45) is 0 Å². The topological polar surface area (TPSA) is 43.4 Å². The van der Waals surface area contributed by atoms with Gasteiger partial charge in [0.25, 0.3) is 9.05 Å². The normalized spacial score (nSPS) is 11.4. The first-order chi connectivity index (χ1) is 9.77. The van der Waals surface area contributed by atoms with E-state index < -0.39 is 9.05 Å². The third kappa shape index (κ3) is 4.13. The van der Waals surface area contributed by atoms with Gasteiger partial charge >= 0.3 is 0 Å². The molecule has 0 atom stereocenters. The van der Waals surface area contributed by atoms with Crippen LogP contribution in [0.1, 0.15) is 16.7 Å². The lowest BCUT2D eigenvalue weighted by Crippen LogP contribution is -2.02. The van der Waals surface area contributed by atoms with Gasteiger partial charge in [-0.15, -0.1) is 0 Å². The lowest BCUT2D eigenvalue weighted by atomic mass is 10.1. The highest BCUT2D eigenvalue weighted by atomic mass is 35.7. The molecule has 0 amide bonds. The average Bonchev–Trinajstić information content (AvgIpc) is 2.38. The van der Waals surface area contributed by atoms with Crippen LogP contribution in [-0.4, -0.2) is 8.42 Å². The SMILES string of the molecule is Cc1ccc(COc2ccc(C)cc2S(=O)(=O)Cl)c(Cl)c1. The van der Waals surface area contributed by atoms with Gasteiger partial charge in [0, 0.05) is 21.3 Å². The molecule has 0 bridgehead atoms. The summed E-state index contributed by atoms with van der Waals surface area (Å²) in [6, 6.07) is 10.4. The molecule has 0 saturated heterocycles. The van der Waals surface area contributed by atoms with E-state index in [2.05, 4.69) is 0 Å². The zero-order chi connectivity index (χ0) is 15.6. The van der Waals surface area contributed by atoms with Gasteiger partial charge in [-0.2, -0.15) is 0 Å². The summed E-state index contributed by atoms with van der Waals surface area (Å²) in [6.45, 7) is 3.89. The smallest absolute Gasteiger partial charge is 0.264 e. The maximum Gasteiger partial charge on any atom is 0.264 e. The number of halogens is 2. The van der Waals surface area contributed by atoms with Crippen molar-refractivity contribution >= 4 is 31.3 Å². The van der Waals surface area contributed by atoms with Gasteiger partial charge < -0.3 is 4.74 Å². The molecule has 0 aliphatic heterocycles. The van der Waals surface area contributed by atoms with Gasteiger partial charge in [0.1, 0.15) is 17.3 Å². The number of rotatable bonds is 4. The van der Waals surface area contributed by atoms with Gasteiger partial charge in [0.2, 0.25) is 0 Å². The molecule has 0 spiro atoms. The molecule has 0 saturated carbocycles. The number of aryl methyl sites for hydroxylation is 2. The zero-order valence-electron chi connectivity index (χ0n) is 11.6. The van der Waals surface area contributed by atoms with Crippen molar-refractivity contribution in [3.8, 4) is 5.75 Å². The van der Waals surface area contributed by atoms with E-state index in [1.54, 1.807) is 19.1 Å². The second-order valence-electron chi connectivity index (χ2n) is 4.77. The predicted molar refractivity (Wildman–Crippen MR) is 84.7 cm³/mol. The molecule has 0 unspecified atom stereocenters. The van der Waals surface area contributed by atoms with Gasteiger partial charge in [-0.25, -0.2) is 8.42 Å². The summed E-state index contributed by atoms with van der Waals surface area (Å²) in [5.74, 6) is 0.215. The third-order valence-electron chi connectivity index (χ3n) is 2.95. The van der Waals surface area contributed by atoms with E-state index in [1.807, 2.05) is 25.1 Å². The summed E-state index contributed by atoms with van der Waals surface area (Å²) in [5, 5.41) is 0.581. The van der Waals surface area contributed by atoms with Crippen LogP contribution in [0.3, 0.4) is 0 Å². The molecule has 2 aromatic rings. The van der Waals surface area contributed by atoms with Crippen LogP contribution >= 0.6 is 22.3 Å². The molecular weight excluding hydrogens is 331 g/mol. The Balaban J connectivity index is 2.28. The minimum absolute atomic E-state index is 0.0348. The van der Waals surface area contributed by atoms with Crippen molar-refractivity contribution in [1.82, 2.24) is 0 Å². The van der Waals surface area contributed by atoms with Crippen LogP contribution in [0.2, 0.25) is 5.02 Å².